The van der Waals surface area contributed by atoms with E-state index in [2.05, 4.69) is 23.2 Å². The molecule has 1 N–H and O–H groups in total. The summed E-state index contributed by atoms with van der Waals surface area (Å²) in [5.74, 6) is 0. The van der Waals surface area contributed by atoms with Crippen LogP contribution in [0.2, 0.25) is 0 Å². The molecule has 0 amide bonds. The van der Waals surface area contributed by atoms with Crippen molar-refractivity contribution in [1.82, 2.24) is 10.2 Å². The van der Waals surface area contributed by atoms with Crippen LogP contribution in [0, 0.1) is 11.3 Å². The fourth-order valence-electron chi connectivity index (χ4n) is 1.69. The van der Waals surface area contributed by atoms with Crippen molar-refractivity contribution in [3.63, 3.8) is 0 Å². The molecule has 0 aromatic rings. The van der Waals surface area contributed by atoms with Gasteiger partial charge in [-0.3, -0.25) is 0 Å². The van der Waals surface area contributed by atoms with Crippen molar-refractivity contribution in [2.24, 2.45) is 0 Å². The van der Waals surface area contributed by atoms with Gasteiger partial charge in [-0.05, 0) is 38.9 Å². The predicted molar refractivity (Wildman–Crippen MR) is 53.4 cm³/mol. The van der Waals surface area contributed by atoms with Gasteiger partial charge in [0.15, 0.2) is 0 Å². The Kier molecular flexibility index (Phi) is 4.81. The maximum atomic E-state index is 8.87. The van der Waals surface area contributed by atoms with Gasteiger partial charge in [-0.2, -0.15) is 5.26 Å². The van der Waals surface area contributed by atoms with Gasteiger partial charge in [0.05, 0.1) is 6.07 Å². The van der Waals surface area contributed by atoms with Crippen LogP contribution in [-0.4, -0.2) is 37.1 Å². The monoisotopic (exact) mass is 181 g/mol. The van der Waals surface area contributed by atoms with E-state index in [0.29, 0.717) is 0 Å². The Morgan fingerprint density at radius 2 is 2.15 bits per heavy atom. The Morgan fingerprint density at radius 1 is 1.46 bits per heavy atom. The largest absolute Gasteiger partial charge is 0.301 e. The molecule has 13 heavy (non-hydrogen) atoms. The van der Waals surface area contributed by atoms with E-state index in [0.717, 1.165) is 19.5 Å². The lowest BCUT2D eigenvalue weighted by Crippen LogP contribution is -2.39. The highest BCUT2D eigenvalue weighted by atomic mass is 15.2. The van der Waals surface area contributed by atoms with Crippen molar-refractivity contribution in [2.45, 2.75) is 32.2 Å². The van der Waals surface area contributed by atoms with E-state index in [1.54, 1.807) is 0 Å². The first-order valence-electron chi connectivity index (χ1n) is 5.22. The first kappa shape index (κ1) is 10.5. The summed E-state index contributed by atoms with van der Waals surface area (Å²) in [4.78, 5) is 2.37. The van der Waals surface area contributed by atoms with E-state index >= 15 is 0 Å². The number of nitrogens with one attached hydrogen (secondary N) is 1. The van der Waals surface area contributed by atoms with Crippen LogP contribution in [0.25, 0.3) is 0 Å². The molecular formula is C10H19N3. The highest BCUT2D eigenvalue weighted by molar-refractivity contribution is 4.92. The molecule has 3 heteroatoms. The molecular weight excluding hydrogens is 162 g/mol. The average molecular weight is 181 g/mol. The zero-order valence-corrected chi connectivity index (χ0v) is 8.42. The first-order chi connectivity index (χ1) is 6.36. The molecule has 0 saturated carbocycles. The van der Waals surface area contributed by atoms with Crippen molar-refractivity contribution in [1.29, 1.82) is 5.26 Å². The zero-order chi connectivity index (χ0) is 9.52. The van der Waals surface area contributed by atoms with Gasteiger partial charge >= 0.3 is 0 Å². The lowest BCUT2D eigenvalue weighted by molar-refractivity contribution is 0.314. The topological polar surface area (TPSA) is 39.1 Å². The molecule has 1 unspecified atom stereocenters. The van der Waals surface area contributed by atoms with Gasteiger partial charge in [0.25, 0.3) is 0 Å². The number of hydrogen-bond acceptors (Lipinski definition) is 3. The molecule has 3 nitrogen and oxygen atoms in total. The zero-order valence-electron chi connectivity index (χ0n) is 8.42. The molecule has 0 aliphatic carbocycles. The molecule has 0 bridgehead atoms. The Labute approximate surface area is 80.7 Å². The van der Waals surface area contributed by atoms with Gasteiger partial charge in [0.1, 0.15) is 6.04 Å². The van der Waals surface area contributed by atoms with Crippen molar-refractivity contribution < 1.29 is 0 Å². The number of rotatable bonds is 5. The minimum absolute atomic E-state index is 0.0260. The lowest BCUT2D eigenvalue weighted by Gasteiger charge is -2.18. The molecule has 0 radical (unpaired) electrons. The van der Waals surface area contributed by atoms with Crippen molar-refractivity contribution in [2.75, 3.05) is 26.2 Å². The number of likely N-dealkylation sites (tertiary alicyclic amines) is 1. The lowest BCUT2D eigenvalue weighted by atomic mass is 10.3. The van der Waals surface area contributed by atoms with Crippen LogP contribution < -0.4 is 5.32 Å². The quantitative estimate of drug-likeness (QED) is 0.687. The third-order valence-electron chi connectivity index (χ3n) is 2.44. The van der Waals surface area contributed by atoms with Gasteiger partial charge in [0.2, 0.25) is 0 Å². The Hall–Kier alpha value is -0.590. The summed E-state index contributed by atoms with van der Waals surface area (Å²) < 4.78 is 0. The fourth-order valence-corrected chi connectivity index (χ4v) is 1.69. The molecule has 1 aliphatic heterocycles. The highest BCUT2D eigenvalue weighted by Crippen LogP contribution is 2.07. The smallest absolute Gasteiger partial charge is 0.108 e. The normalized spacial score (nSPS) is 20.0. The summed E-state index contributed by atoms with van der Waals surface area (Å²) in [6.45, 7) is 6.32. The highest BCUT2D eigenvalue weighted by Gasteiger charge is 2.15. The predicted octanol–water partition coefficient (Wildman–Crippen LogP) is 0.974. The van der Waals surface area contributed by atoms with E-state index in [4.69, 9.17) is 5.26 Å². The van der Waals surface area contributed by atoms with E-state index in [1.807, 2.05) is 0 Å². The Balaban J connectivity index is 2.18. The molecule has 0 aromatic carbocycles. The molecule has 1 rings (SSSR count). The molecule has 1 heterocycles. The van der Waals surface area contributed by atoms with Crippen molar-refractivity contribution in [3.05, 3.63) is 0 Å². The van der Waals surface area contributed by atoms with Crippen LogP contribution in [0.3, 0.4) is 0 Å². The third-order valence-corrected chi connectivity index (χ3v) is 2.44. The third kappa shape index (κ3) is 3.75. The van der Waals surface area contributed by atoms with E-state index in [1.165, 1.54) is 25.9 Å². The Morgan fingerprint density at radius 3 is 2.69 bits per heavy atom. The van der Waals surface area contributed by atoms with Crippen LogP contribution in [-0.2, 0) is 0 Å². The summed E-state index contributed by atoms with van der Waals surface area (Å²) in [5, 5.41) is 12.1. The summed E-state index contributed by atoms with van der Waals surface area (Å²) in [7, 11) is 0. The van der Waals surface area contributed by atoms with Crippen LogP contribution >= 0.6 is 0 Å². The summed E-state index contributed by atoms with van der Waals surface area (Å²) in [5.41, 5.74) is 0. The summed E-state index contributed by atoms with van der Waals surface area (Å²) >= 11 is 0. The molecule has 1 fully saturated rings. The summed E-state index contributed by atoms with van der Waals surface area (Å²) in [6, 6.07) is 2.34. The van der Waals surface area contributed by atoms with Crippen LogP contribution in [0.1, 0.15) is 26.2 Å². The average Bonchev–Trinajstić information content (AvgIpc) is 2.64. The minimum atomic E-state index is 0.0260. The maximum absolute atomic E-state index is 8.87. The van der Waals surface area contributed by atoms with Gasteiger partial charge in [-0.15, -0.1) is 0 Å². The standard InChI is InChI=1S/C10H19N3/c1-2-5-12-10(8-11)9-13-6-3-4-7-13/h10,12H,2-7,9H2,1H3. The number of hydrogen-bond donors (Lipinski definition) is 1. The van der Waals surface area contributed by atoms with Crippen molar-refractivity contribution in [3.8, 4) is 6.07 Å². The van der Waals surface area contributed by atoms with E-state index < -0.39 is 0 Å². The minimum Gasteiger partial charge on any atom is -0.301 e. The van der Waals surface area contributed by atoms with Crippen LogP contribution in [0.4, 0.5) is 0 Å². The van der Waals surface area contributed by atoms with Gasteiger partial charge < -0.3 is 10.2 Å². The molecule has 1 aliphatic rings. The molecule has 1 saturated heterocycles. The summed E-state index contributed by atoms with van der Waals surface area (Å²) in [6.07, 6.45) is 3.69. The second-order valence-corrected chi connectivity index (χ2v) is 3.64. The van der Waals surface area contributed by atoms with E-state index in [-0.39, 0.29) is 6.04 Å². The molecule has 74 valence electrons. The van der Waals surface area contributed by atoms with Gasteiger partial charge in [-0.1, -0.05) is 6.92 Å². The number of nitriles is 1. The second-order valence-electron chi connectivity index (χ2n) is 3.64. The SMILES string of the molecule is CCCNC(C#N)CN1CCCC1. The molecule has 0 spiro atoms. The van der Waals surface area contributed by atoms with Crippen LogP contribution in [0.5, 0.6) is 0 Å². The number of nitrogens with zero attached hydrogens (tertiary/aromatic N) is 2. The van der Waals surface area contributed by atoms with Gasteiger partial charge in [-0.25, -0.2) is 0 Å². The first-order valence-corrected chi connectivity index (χ1v) is 5.22. The van der Waals surface area contributed by atoms with Crippen molar-refractivity contribution >= 4 is 0 Å². The van der Waals surface area contributed by atoms with E-state index in [9.17, 15) is 0 Å². The van der Waals surface area contributed by atoms with Gasteiger partial charge in [0, 0.05) is 6.54 Å². The fraction of sp³-hybridized carbons (Fsp3) is 0.900. The van der Waals surface area contributed by atoms with Crippen LogP contribution in [0.15, 0.2) is 0 Å². The second kappa shape index (κ2) is 5.95. The molecule has 1 atom stereocenters. The molecule has 0 aromatic heterocycles. The maximum Gasteiger partial charge on any atom is 0.108 e. The Bertz CT molecular complexity index is 167.